The van der Waals surface area contributed by atoms with Gasteiger partial charge in [-0.1, -0.05) is 37.3 Å². The minimum atomic E-state index is -4.35. The summed E-state index contributed by atoms with van der Waals surface area (Å²) in [4.78, 5) is 11.8. The van der Waals surface area contributed by atoms with Crippen LogP contribution in [0.4, 0.5) is 13.2 Å². The largest absolute Gasteiger partial charge is 0.411 e. The van der Waals surface area contributed by atoms with Gasteiger partial charge in [0.05, 0.1) is 12.5 Å². The first-order chi connectivity index (χ1) is 9.81. The van der Waals surface area contributed by atoms with Gasteiger partial charge in [-0.2, -0.15) is 13.2 Å². The summed E-state index contributed by atoms with van der Waals surface area (Å²) < 4.78 is 39.9. The quantitative estimate of drug-likeness (QED) is 0.749. The number of carbonyl (C=O) groups excluding carboxylic acids is 1. The molecule has 0 heterocycles. The molecule has 0 fully saturated rings. The Bertz CT molecular complexity index is 443. The highest BCUT2D eigenvalue weighted by molar-refractivity contribution is 5.85. The van der Waals surface area contributed by atoms with Crippen LogP contribution in [0.1, 0.15) is 18.5 Å². The van der Waals surface area contributed by atoms with Gasteiger partial charge in [0.2, 0.25) is 5.91 Å². The Morgan fingerprint density at radius 2 is 1.91 bits per heavy atom. The Labute approximate surface area is 133 Å². The lowest BCUT2D eigenvalue weighted by Crippen LogP contribution is -2.37. The number of rotatable bonds is 7. The molecule has 1 aromatic rings. The van der Waals surface area contributed by atoms with Crippen LogP contribution < -0.4 is 11.1 Å². The second-order valence-electron chi connectivity index (χ2n) is 4.68. The molecule has 0 radical (unpaired) electrons. The Balaban J connectivity index is 0.00000441. The van der Waals surface area contributed by atoms with Crippen molar-refractivity contribution in [1.29, 1.82) is 0 Å². The molecule has 1 aromatic carbocycles. The summed E-state index contributed by atoms with van der Waals surface area (Å²) in [6.07, 6.45) is -4.35. The molecular weight excluding hydrogens is 321 g/mol. The number of amides is 1. The number of benzene rings is 1. The molecule has 8 heteroatoms. The summed E-state index contributed by atoms with van der Waals surface area (Å²) in [5.74, 6) is -0.808. The Kier molecular flexibility index (Phi) is 9.08. The van der Waals surface area contributed by atoms with Crippen molar-refractivity contribution in [2.24, 2.45) is 11.7 Å². The predicted molar refractivity (Wildman–Crippen MR) is 79.7 cm³/mol. The van der Waals surface area contributed by atoms with Crippen molar-refractivity contribution >= 4 is 18.3 Å². The molecule has 3 N–H and O–H groups in total. The van der Waals surface area contributed by atoms with Crippen molar-refractivity contribution < 1.29 is 22.7 Å². The highest BCUT2D eigenvalue weighted by Crippen LogP contribution is 2.19. The van der Waals surface area contributed by atoms with Gasteiger partial charge in [0.15, 0.2) is 0 Å². The van der Waals surface area contributed by atoms with Gasteiger partial charge < -0.3 is 15.8 Å². The fourth-order valence-corrected chi connectivity index (χ4v) is 1.72. The van der Waals surface area contributed by atoms with Crippen LogP contribution in [0.25, 0.3) is 0 Å². The third-order valence-corrected chi connectivity index (χ3v) is 2.95. The molecule has 0 spiro atoms. The van der Waals surface area contributed by atoms with Crippen LogP contribution in [0, 0.1) is 5.92 Å². The molecule has 2 unspecified atom stereocenters. The van der Waals surface area contributed by atoms with Crippen LogP contribution in [-0.2, 0) is 9.53 Å². The molecule has 126 valence electrons. The normalized spacial score (nSPS) is 13.9. The second-order valence-corrected chi connectivity index (χ2v) is 4.68. The Hall–Kier alpha value is -1.31. The zero-order valence-corrected chi connectivity index (χ0v) is 12.9. The average molecular weight is 341 g/mol. The van der Waals surface area contributed by atoms with Crippen LogP contribution in [0.2, 0.25) is 0 Å². The van der Waals surface area contributed by atoms with E-state index in [2.05, 4.69) is 10.1 Å². The van der Waals surface area contributed by atoms with E-state index in [9.17, 15) is 18.0 Å². The molecule has 0 aliphatic heterocycles. The molecule has 4 nitrogen and oxygen atoms in total. The number of carbonyl (C=O) groups is 1. The number of hydrogen-bond acceptors (Lipinski definition) is 3. The van der Waals surface area contributed by atoms with E-state index in [1.165, 1.54) is 0 Å². The third kappa shape index (κ3) is 7.63. The van der Waals surface area contributed by atoms with Crippen molar-refractivity contribution in [3.8, 4) is 0 Å². The van der Waals surface area contributed by atoms with Gasteiger partial charge >= 0.3 is 6.18 Å². The van der Waals surface area contributed by atoms with E-state index in [-0.39, 0.29) is 31.5 Å². The first-order valence-corrected chi connectivity index (χ1v) is 6.54. The van der Waals surface area contributed by atoms with Gasteiger partial charge in [-0.05, 0) is 5.56 Å². The van der Waals surface area contributed by atoms with Gasteiger partial charge in [-0.3, -0.25) is 4.79 Å². The van der Waals surface area contributed by atoms with E-state index in [1.54, 1.807) is 6.92 Å². The number of halogens is 4. The van der Waals surface area contributed by atoms with Crippen molar-refractivity contribution in [2.75, 3.05) is 19.8 Å². The average Bonchev–Trinajstić information content (AvgIpc) is 2.44. The summed E-state index contributed by atoms with van der Waals surface area (Å²) in [5.41, 5.74) is 6.81. The summed E-state index contributed by atoms with van der Waals surface area (Å²) in [7, 11) is 0. The number of nitrogens with two attached hydrogens (primary N) is 1. The fraction of sp³-hybridized carbons (Fsp3) is 0.500. The molecule has 1 amide bonds. The summed E-state index contributed by atoms with van der Waals surface area (Å²) in [5, 5.41) is 2.51. The zero-order chi connectivity index (χ0) is 15.9. The van der Waals surface area contributed by atoms with Crippen LogP contribution in [-0.4, -0.2) is 31.8 Å². The Morgan fingerprint density at radius 1 is 1.32 bits per heavy atom. The molecule has 0 aromatic heterocycles. The second kappa shape index (κ2) is 9.66. The van der Waals surface area contributed by atoms with Crippen LogP contribution in [0.15, 0.2) is 30.3 Å². The maximum Gasteiger partial charge on any atom is 0.411 e. The van der Waals surface area contributed by atoms with Gasteiger partial charge in [0.1, 0.15) is 6.61 Å². The molecule has 0 aliphatic rings. The predicted octanol–water partition coefficient (Wildman–Crippen LogP) is 2.44. The van der Waals surface area contributed by atoms with Crippen molar-refractivity contribution in [3.05, 3.63) is 35.9 Å². The molecule has 22 heavy (non-hydrogen) atoms. The van der Waals surface area contributed by atoms with Gasteiger partial charge in [0.25, 0.3) is 0 Å². The first kappa shape index (κ1) is 20.7. The van der Waals surface area contributed by atoms with E-state index >= 15 is 0 Å². The molecular formula is C14H20ClF3N2O2. The van der Waals surface area contributed by atoms with Crippen LogP contribution in [0.3, 0.4) is 0 Å². The number of ether oxygens (including phenoxy) is 1. The summed E-state index contributed by atoms with van der Waals surface area (Å²) in [6, 6.07) is 8.67. The van der Waals surface area contributed by atoms with E-state index in [0.717, 1.165) is 5.56 Å². The minimum absolute atomic E-state index is 0. The molecule has 0 aliphatic carbocycles. The first-order valence-electron chi connectivity index (χ1n) is 6.54. The van der Waals surface area contributed by atoms with Crippen molar-refractivity contribution in [2.45, 2.75) is 19.1 Å². The van der Waals surface area contributed by atoms with E-state index in [4.69, 9.17) is 5.73 Å². The third-order valence-electron chi connectivity index (χ3n) is 2.95. The lowest BCUT2D eigenvalue weighted by atomic mass is 9.95. The van der Waals surface area contributed by atoms with E-state index in [0.29, 0.717) is 0 Å². The number of hydrogen-bond donors (Lipinski definition) is 2. The highest BCUT2D eigenvalue weighted by atomic mass is 35.5. The molecule has 0 saturated heterocycles. The zero-order valence-electron chi connectivity index (χ0n) is 12.1. The van der Waals surface area contributed by atoms with E-state index < -0.39 is 24.7 Å². The number of nitrogens with one attached hydrogen (secondary N) is 1. The van der Waals surface area contributed by atoms with Crippen LogP contribution >= 0.6 is 12.4 Å². The topological polar surface area (TPSA) is 64.3 Å². The SMILES string of the molecule is CC(C(=O)NCCOCC(F)(F)F)C(N)c1ccccc1.Cl. The molecule has 1 rings (SSSR count). The van der Waals surface area contributed by atoms with Crippen LogP contribution in [0.5, 0.6) is 0 Å². The monoisotopic (exact) mass is 340 g/mol. The van der Waals surface area contributed by atoms with Crippen molar-refractivity contribution in [3.63, 3.8) is 0 Å². The maximum atomic E-state index is 11.8. The minimum Gasteiger partial charge on any atom is -0.370 e. The molecule has 0 bridgehead atoms. The van der Waals surface area contributed by atoms with Gasteiger partial charge in [-0.15, -0.1) is 12.4 Å². The van der Waals surface area contributed by atoms with Crippen molar-refractivity contribution in [1.82, 2.24) is 5.32 Å². The fourth-order valence-electron chi connectivity index (χ4n) is 1.72. The smallest absolute Gasteiger partial charge is 0.370 e. The lowest BCUT2D eigenvalue weighted by Gasteiger charge is -2.19. The standard InChI is InChI=1S/C14H19F3N2O2.ClH/c1-10(12(18)11-5-3-2-4-6-11)13(20)19-7-8-21-9-14(15,16)17;/h2-6,10,12H,7-9,18H2,1H3,(H,19,20);1H. The number of alkyl halides is 3. The molecule has 0 saturated carbocycles. The molecule has 2 atom stereocenters. The van der Waals surface area contributed by atoms with Gasteiger partial charge in [0, 0.05) is 12.6 Å². The Morgan fingerprint density at radius 3 is 2.45 bits per heavy atom. The maximum absolute atomic E-state index is 11.8. The summed E-state index contributed by atoms with van der Waals surface area (Å²) in [6.45, 7) is 0.171. The lowest BCUT2D eigenvalue weighted by molar-refractivity contribution is -0.173. The van der Waals surface area contributed by atoms with E-state index in [1.807, 2.05) is 30.3 Å². The highest BCUT2D eigenvalue weighted by Gasteiger charge is 2.27. The van der Waals surface area contributed by atoms with Gasteiger partial charge in [-0.25, -0.2) is 0 Å². The summed E-state index contributed by atoms with van der Waals surface area (Å²) >= 11 is 0.